The number of nitrogen functional groups attached to an aromatic ring is 1. The lowest BCUT2D eigenvalue weighted by atomic mass is 10.1. The van der Waals surface area contributed by atoms with Gasteiger partial charge in [-0.3, -0.25) is 10.1 Å². The molecule has 128 valence electrons. The number of aromatic nitrogens is 3. The Morgan fingerprint density at radius 1 is 1.08 bits per heavy atom. The Kier molecular flexibility index (Phi) is 4.99. The molecular formula is C17H17N5O2S. The van der Waals surface area contributed by atoms with Gasteiger partial charge in [-0.1, -0.05) is 53.7 Å². The number of nitrogens with two attached hydrogens (primary N) is 1. The van der Waals surface area contributed by atoms with Crippen LogP contribution in [-0.2, 0) is 12.2 Å². The molecular weight excluding hydrogens is 338 g/mol. The molecule has 0 aliphatic carbocycles. The number of hydrogen-bond acceptors (Lipinski definition) is 6. The zero-order valence-electron chi connectivity index (χ0n) is 13.6. The second kappa shape index (κ2) is 7.35. The lowest BCUT2D eigenvalue weighted by molar-refractivity contribution is -0.384. The Morgan fingerprint density at radius 3 is 2.36 bits per heavy atom. The fraction of sp³-hybridized carbons (Fsp3) is 0.176. The van der Waals surface area contributed by atoms with E-state index in [-0.39, 0.29) is 5.69 Å². The van der Waals surface area contributed by atoms with Crippen molar-refractivity contribution >= 4 is 17.4 Å². The van der Waals surface area contributed by atoms with Crippen LogP contribution in [-0.4, -0.2) is 19.8 Å². The van der Waals surface area contributed by atoms with Gasteiger partial charge in [0.1, 0.15) is 0 Å². The average molecular weight is 355 g/mol. The fourth-order valence-corrected chi connectivity index (χ4v) is 3.11. The molecule has 0 radical (unpaired) electrons. The third-order valence-corrected chi connectivity index (χ3v) is 4.75. The highest BCUT2D eigenvalue weighted by Crippen LogP contribution is 2.22. The first-order valence-corrected chi connectivity index (χ1v) is 8.62. The second-order valence-corrected chi connectivity index (χ2v) is 6.59. The number of thioether (sulfide) groups is 1. The van der Waals surface area contributed by atoms with Crippen LogP contribution >= 0.6 is 11.8 Å². The third-order valence-electron chi connectivity index (χ3n) is 3.73. The monoisotopic (exact) mass is 355 g/mol. The first kappa shape index (κ1) is 17.0. The summed E-state index contributed by atoms with van der Waals surface area (Å²) in [4.78, 5) is 10.3. The minimum atomic E-state index is -0.412. The molecule has 0 bridgehead atoms. The molecule has 0 spiro atoms. The summed E-state index contributed by atoms with van der Waals surface area (Å²) < 4.78 is 1.50. The third kappa shape index (κ3) is 4.16. The van der Waals surface area contributed by atoms with Gasteiger partial charge in [0.2, 0.25) is 5.16 Å². The minimum Gasteiger partial charge on any atom is -0.336 e. The number of benzene rings is 2. The van der Waals surface area contributed by atoms with Crippen molar-refractivity contribution in [2.75, 3.05) is 5.84 Å². The summed E-state index contributed by atoms with van der Waals surface area (Å²) in [5.74, 6) is 7.39. The number of aryl methyl sites for hydroxylation is 1. The van der Waals surface area contributed by atoms with E-state index in [1.165, 1.54) is 34.1 Å². The standard InChI is InChI=1S/C17H17N5O2S/c1-12-2-4-13(5-3-12)10-16-19-20-17(21(16)18)25-11-14-6-8-15(9-7-14)22(23)24/h2-9H,10-11,18H2,1H3. The van der Waals surface area contributed by atoms with Crippen molar-refractivity contribution in [1.82, 2.24) is 14.9 Å². The van der Waals surface area contributed by atoms with Crippen molar-refractivity contribution < 1.29 is 4.92 Å². The highest BCUT2D eigenvalue weighted by atomic mass is 32.2. The van der Waals surface area contributed by atoms with Crippen LogP contribution in [0.25, 0.3) is 0 Å². The van der Waals surface area contributed by atoms with Crippen molar-refractivity contribution in [3.63, 3.8) is 0 Å². The van der Waals surface area contributed by atoms with Crippen molar-refractivity contribution in [3.8, 4) is 0 Å². The number of non-ortho nitro benzene ring substituents is 1. The molecule has 1 heterocycles. The number of nitro benzene ring substituents is 1. The maximum absolute atomic E-state index is 10.7. The number of hydrogen-bond donors (Lipinski definition) is 1. The maximum atomic E-state index is 10.7. The van der Waals surface area contributed by atoms with Gasteiger partial charge >= 0.3 is 0 Å². The average Bonchev–Trinajstić information content (AvgIpc) is 2.95. The molecule has 0 aliphatic heterocycles. The van der Waals surface area contributed by atoms with E-state index >= 15 is 0 Å². The predicted molar refractivity (Wildman–Crippen MR) is 96.8 cm³/mol. The van der Waals surface area contributed by atoms with E-state index in [1.54, 1.807) is 12.1 Å². The molecule has 2 aromatic carbocycles. The summed E-state index contributed by atoms with van der Waals surface area (Å²) >= 11 is 1.44. The quantitative estimate of drug-likeness (QED) is 0.316. The molecule has 3 rings (SSSR count). The normalized spacial score (nSPS) is 10.8. The smallest absolute Gasteiger partial charge is 0.269 e. The Bertz CT molecular complexity index is 875. The van der Waals surface area contributed by atoms with Gasteiger partial charge in [0.05, 0.1) is 4.92 Å². The van der Waals surface area contributed by atoms with Gasteiger partial charge in [0.15, 0.2) is 5.82 Å². The van der Waals surface area contributed by atoms with E-state index < -0.39 is 4.92 Å². The number of rotatable bonds is 6. The topological polar surface area (TPSA) is 99.9 Å². The molecule has 0 aliphatic rings. The van der Waals surface area contributed by atoms with Crippen molar-refractivity contribution in [2.45, 2.75) is 24.3 Å². The zero-order valence-corrected chi connectivity index (χ0v) is 14.4. The Morgan fingerprint density at radius 2 is 1.72 bits per heavy atom. The Hall–Kier alpha value is -2.87. The lowest BCUT2D eigenvalue weighted by Crippen LogP contribution is -2.14. The molecule has 0 amide bonds. The molecule has 25 heavy (non-hydrogen) atoms. The largest absolute Gasteiger partial charge is 0.336 e. The first-order chi connectivity index (χ1) is 12.0. The fourth-order valence-electron chi connectivity index (χ4n) is 2.28. The highest BCUT2D eigenvalue weighted by Gasteiger charge is 2.11. The summed E-state index contributed by atoms with van der Waals surface area (Å²) in [6.07, 6.45) is 0.613. The van der Waals surface area contributed by atoms with Crippen LogP contribution in [0.3, 0.4) is 0 Å². The molecule has 0 unspecified atom stereocenters. The van der Waals surface area contributed by atoms with E-state index in [1.807, 2.05) is 19.1 Å². The van der Waals surface area contributed by atoms with E-state index in [9.17, 15) is 10.1 Å². The van der Waals surface area contributed by atoms with E-state index in [0.29, 0.717) is 23.2 Å². The number of nitro groups is 1. The van der Waals surface area contributed by atoms with Gasteiger partial charge in [-0.05, 0) is 18.1 Å². The van der Waals surface area contributed by atoms with E-state index in [0.717, 1.165) is 11.1 Å². The predicted octanol–water partition coefficient (Wildman–Crippen LogP) is 3.09. The summed E-state index contributed by atoms with van der Waals surface area (Å²) in [6.45, 7) is 2.04. The molecule has 0 saturated carbocycles. The second-order valence-electron chi connectivity index (χ2n) is 5.64. The Labute approximate surface area is 149 Å². The summed E-state index contributed by atoms with van der Waals surface area (Å²) in [6, 6.07) is 14.7. The van der Waals surface area contributed by atoms with Crippen LogP contribution in [0.15, 0.2) is 53.7 Å². The van der Waals surface area contributed by atoms with Crippen molar-refractivity contribution in [3.05, 3.63) is 81.2 Å². The van der Waals surface area contributed by atoms with Gasteiger partial charge in [0.25, 0.3) is 5.69 Å². The molecule has 0 saturated heterocycles. The number of nitrogens with zero attached hydrogens (tertiary/aromatic N) is 4. The SMILES string of the molecule is Cc1ccc(Cc2nnc(SCc3ccc([N+](=O)[O-])cc3)n2N)cc1. The van der Waals surface area contributed by atoms with E-state index in [4.69, 9.17) is 5.84 Å². The maximum Gasteiger partial charge on any atom is 0.269 e. The van der Waals surface area contributed by atoms with Crippen LogP contribution in [0.5, 0.6) is 0 Å². The van der Waals surface area contributed by atoms with Crippen LogP contribution < -0.4 is 5.84 Å². The van der Waals surface area contributed by atoms with Crippen LogP contribution in [0.1, 0.15) is 22.5 Å². The molecule has 2 N–H and O–H groups in total. The minimum absolute atomic E-state index is 0.0797. The van der Waals surface area contributed by atoms with Crippen LogP contribution in [0.2, 0.25) is 0 Å². The van der Waals surface area contributed by atoms with E-state index in [2.05, 4.69) is 22.3 Å². The van der Waals surface area contributed by atoms with Gasteiger partial charge in [-0.15, -0.1) is 10.2 Å². The molecule has 1 aromatic heterocycles. The zero-order chi connectivity index (χ0) is 17.8. The Balaban J connectivity index is 1.64. The van der Waals surface area contributed by atoms with Gasteiger partial charge in [-0.25, -0.2) is 4.68 Å². The van der Waals surface area contributed by atoms with Gasteiger partial charge < -0.3 is 5.84 Å². The van der Waals surface area contributed by atoms with Gasteiger partial charge in [0, 0.05) is 24.3 Å². The summed E-state index contributed by atoms with van der Waals surface area (Å²) in [5.41, 5.74) is 3.36. The van der Waals surface area contributed by atoms with Gasteiger partial charge in [-0.2, -0.15) is 0 Å². The summed E-state index contributed by atoms with van der Waals surface area (Å²) in [7, 11) is 0. The molecule has 3 aromatic rings. The lowest BCUT2D eigenvalue weighted by Gasteiger charge is -2.04. The highest BCUT2D eigenvalue weighted by molar-refractivity contribution is 7.98. The molecule has 7 nitrogen and oxygen atoms in total. The molecule has 0 fully saturated rings. The molecule has 0 atom stereocenters. The summed E-state index contributed by atoms with van der Waals surface area (Å²) in [5, 5.41) is 19.6. The van der Waals surface area contributed by atoms with Crippen molar-refractivity contribution in [2.24, 2.45) is 0 Å². The van der Waals surface area contributed by atoms with Crippen LogP contribution in [0.4, 0.5) is 5.69 Å². The van der Waals surface area contributed by atoms with Crippen LogP contribution in [0, 0.1) is 17.0 Å². The van der Waals surface area contributed by atoms with Crippen molar-refractivity contribution in [1.29, 1.82) is 0 Å². The first-order valence-electron chi connectivity index (χ1n) is 7.64. The molecule has 8 heteroatoms.